The number of anilines is 1. The highest BCUT2D eigenvalue weighted by Crippen LogP contribution is 2.35. The summed E-state index contributed by atoms with van der Waals surface area (Å²) in [6, 6.07) is -0.0859. The zero-order chi connectivity index (χ0) is 24.6. The largest absolute Gasteiger partial charge is 0.493 e. The van der Waals surface area contributed by atoms with Gasteiger partial charge >= 0.3 is 12.2 Å². The number of pyridine rings is 1. The van der Waals surface area contributed by atoms with Crippen molar-refractivity contribution in [3.8, 4) is 5.75 Å². The minimum atomic E-state index is -4.63. The third-order valence-corrected chi connectivity index (χ3v) is 6.32. The van der Waals surface area contributed by atoms with E-state index in [1.165, 1.54) is 11.9 Å². The number of carbonyl (C=O) groups excluding carboxylic acids is 1. The average molecular weight is 478 g/mol. The fourth-order valence-electron chi connectivity index (χ4n) is 4.32. The maximum atomic E-state index is 13.1. The van der Waals surface area contributed by atoms with Gasteiger partial charge in [0.2, 0.25) is 0 Å². The number of alkyl halides is 3. The number of urea groups is 1. The number of methoxy groups -OCH3 is 1. The molecule has 4 rings (SSSR count). The molecule has 0 aliphatic heterocycles. The van der Waals surface area contributed by atoms with Crippen LogP contribution in [0.5, 0.6) is 5.75 Å². The first-order valence-corrected chi connectivity index (χ1v) is 10.8. The molecule has 1 aliphatic rings. The number of amides is 2. The number of H-pyrrole nitrogens is 1. The lowest BCUT2D eigenvalue weighted by Crippen LogP contribution is -2.42. The molecule has 12 heteroatoms. The van der Waals surface area contributed by atoms with E-state index >= 15 is 0 Å². The van der Waals surface area contributed by atoms with Gasteiger partial charge in [-0.3, -0.25) is 4.79 Å². The van der Waals surface area contributed by atoms with Crippen molar-refractivity contribution in [1.82, 2.24) is 24.4 Å². The molecule has 3 aromatic heterocycles. The first-order chi connectivity index (χ1) is 16.1. The lowest BCUT2D eigenvalue weighted by atomic mass is 9.83. The number of ether oxygens (including phenoxy) is 1. The van der Waals surface area contributed by atoms with Crippen LogP contribution in [0.15, 0.2) is 29.5 Å². The Balaban J connectivity index is 1.42. The Morgan fingerprint density at radius 1 is 1.29 bits per heavy atom. The topological polar surface area (TPSA) is 105 Å². The molecule has 0 radical (unpaired) electrons. The Morgan fingerprint density at radius 3 is 2.65 bits per heavy atom. The van der Waals surface area contributed by atoms with Gasteiger partial charge in [0, 0.05) is 38.4 Å². The number of aromatic amines is 1. The van der Waals surface area contributed by atoms with Crippen molar-refractivity contribution in [2.24, 2.45) is 7.05 Å². The van der Waals surface area contributed by atoms with Crippen LogP contribution >= 0.6 is 0 Å². The van der Waals surface area contributed by atoms with Gasteiger partial charge in [0.25, 0.3) is 5.56 Å². The first kappa shape index (κ1) is 23.6. The molecule has 1 saturated carbocycles. The Morgan fingerprint density at radius 2 is 2.00 bits per heavy atom. The van der Waals surface area contributed by atoms with Gasteiger partial charge in [-0.1, -0.05) is 0 Å². The Bertz CT molecular complexity index is 1260. The average Bonchev–Trinajstić information content (AvgIpc) is 3.23. The molecule has 2 amide bonds. The summed E-state index contributed by atoms with van der Waals surface area (Å²) in [6.45, 7) is 0. The second kappa shape index (κ2) is 8.99. The highest BCUT2D eigenvalue weighted by atomic mass is 19.4. The summed E-state index contributed by atoms with van der Waals surface area (Å²) >= 11 is 0. The van der Waals surface area contributed by atoms with Crippen molar-refractivity contribution in [2.75, 3.05) is 19.5 Å². The van der Waals surface area contributed by atoms with Crippen molar-refractivity contribution >= 4 is 22.9 Å². The van der Waals surface area contributed by atoms with Crippen molar-refractivity contribution in [2.45, 2.75) is 43.8 Å². The number of hydrogen-bond acceptors (Lipinski definition) is 5. The Hall–Kier alpha value is -3.57. The number of carbonyl (C=O) groups is 1. The quantitative estimate of drug-likeness (QED) is 0.592. The second-order valence-electron chi connectivity index (χ2n) is 8.45. The van der Waals surface area contributed by atoms with Crippen molar-refractivity contribution in [3.05, 3.63) is 46.3 Å². The van der Waals surface area contributed by atoms with E-state index < -0.39 is 29.0 Å². The van der Waals surface area contributed by atoms with Crippen molar-refractivity contribution < 1.29 is 22.7 Å². The molecule has 2 N–H and O–H groups in total. The van der Waals surface area contributed by atoms with E-state index in [9.17, 15) is 22.8 Å². The van der Waals surface area contributed by atoms with Crippen LogP contribution < -0.4 is 15.6 Å². The summed E-state index contributed by atoms with van der Waals surface area (Å²) in [5.74, 6) is 0.787. The van der Waals surface area contributed by atoms with E-state index in [2.05, 4.69) is 15.3 Å². The Labute approximate surface area is 192 Å². The van der Waals surface area contributed by atoms with Crippen LogP contribution in [0.4, 0.5) is 23.7 Å². The van der Waals surface area contributed by atoms with E-state index in [-0.39, 0.29) is 12.0 Å². The second-order valence-corrected chi connectivity index (χ2v) is 8.45. The maximum absolute atomic E-state index is 13.1. The molecule has 3 heterocycles. The van der Waals surface area contributed by atoms with Crippen LogP contribution in [0.1, 0.15) is 42.9 Å². The lowest BCUT2D eigenvalue weighted by molar-refractivity contribution is -0.138. The molecule has 182 valence electrons. The van der Waals surface area contributed by atoms with Gasteiger partial charge in [0.1, 0.15) is 11.2 Å². The maximum Gasteiger partial charge on any atom is 0.417 e. The molecule has 0 saturated heterocycles. The van der Waals surface area contributed by atoms with Gasteiger partial charge in [-0.05, 0) is 31.7 Å². The van der Waals surface area contributed by atoms with Crippen LogP contribution in [0, 0.1) is 0 Å². The van der Waals surface area contributed by atoms with Crippen LogP contribution in [-0.2, 0) is 13.2 Å². The van der Waals surface area contributed by atoms with Gasteiger partial charge < -0.3 is 24.5 Å². The summed E-state index contributed by atoms with van der Waals surface area (Å²) in [6.07, 6.45) is 2.40. The first-order valence-electron chi connectivity index (χ1n) is 10.8. The fourth-order valence-corrected chi connectivity index (χ4v) is 4.32. The normalized spacial score (nSPS) is 18.6. The number of rotatable bonds is 4. The van der Waals surface area contributed by atoms with Gasteiger partial charge in [-0.2, -0.15) is 13.2 Å². The summed E-state index contributed by atoms with van der Waals surface area (Å²) in [7, 11) is 4.36. The molecule has 0 aromatic carbocycles. The number of nitrogens with one attached hydrogen (secondary N) is 2. The van der Waals surface area contributed by atoms with Crippen LogP contribution in [0.2, 0.25) is 0 Å². The predicted octanol–water partition coefficient (Wildman–Crippen LogP) is 3.87. The molecule has 1 fully saturated rings. The fraction of sp³-hybridized carbons (Fsp3) is 0.455. The molecule has 0 atom stereocenters. The zero-order valence-corrected chi connectivity index (χ0v) is 18.9. The van der Waals surface area contributed by atoms with Crippen LogP contribution in [0.3, 0.4) is 0 Å². The molecule has 0 spiro atoms. The Kier molecular flexibility index (Phi) is 6.24. The molecule has 9 nitrogen and oxygen atoms in total. The minimum absolute atomic E-state index is 0.121. The van der Waals surface area contributed by atoms with E-state index in [0.29, 0.717) is 42.0 Å². The van der Waals surface area contributed by atoms with E-state index in [0.717, 1.165) is 23.1 Å². The molecule has 1 aliphatic carbocycles. The molecule has 0 bridgehead atoms. The zero-order valence-electron chi connectivity index (χ0n) is 18.9. The number of fused-ring (bicyclic) bond motifs is 1. The van der Waals surface area contributed by atoms with Gasteiger partial charge in [0.05, 0.1) is 24.6 Å². The van der Waals surface area contributed by atoms with Gasteiger partial charge in [-0.15, -0.1) is 0 Å². The minimum Gasteiger partial charge on any atom is -0.493 e. The lowest BCUT2D eigenvalue weighted by Gasteiger charge is -2.34. The summed E-state index contributed by atoms with van der Waals surface area (Å²) in [5.41, 5.74) is 0.0285. The highest BCUT2D eigenvalue weighted by molar-refractivity contribution is 5.89. The summed E-state index contributed by atoms with van der Waals surface area (Å²) in [5, 5.41) is 2.35. The van der Waals surface area contributed by atoms with Crippen molar-refractivity contribution in [3.63, 3.8) is 0 Å². The highest BCUT2D eigenvalue weighted by Gasteiger charge is 2.33. The van der Waals surface area contributed by atoms with Crippen LogP contribution in [0.25, 0.3) is 11.2 Å². The molecule has 34 heavy (non-hydrogen) atoms. The number of halogens is 3. The number of hydrogen-bond donors (Lipinski definition) is 2. The summed E-state index contributed by atoms with van der Waals surface area (Å²) in [4.78, 5) is 38.5. The molecule has 3 aromatic rings. The smallest absolute Gasteiger partial charge is 0.417 e. The number of aryl methyl sites for hydroxylation is 1. The van der Waals surface area contributed by atoms with Gasteiger partial charge in [-0.25, -0.2) is 14.8 Å². The number of aromatic nitrogens is 4. The SMILES string of the molecule is COc1c[nH]c2ncc([C@H]3CC[C@@H](N(C)C(=O)Nc4cc(C(F)(F)F)cn(C)c4=O)CC3)nc12. The van der Waals surface area contributed by atoms with Crippen LogP contribution in [-0.4, -0.2) is 50.6 Å². The van der Waals surface area contributed by atoms with E-state index in [4.69, 9.17) is 9.72 Å². The van der Waals surface area contributed by atoms with E-state index in [1.807, 2.05) is 0 Å². The van der Waals surface area contributed by atoms with E-state index in [1.54, 1.807) is 26.6 Å². The third kappa shape index (κ3) is 4.57. The summed E-state index contributed by atoms with van der Waals surface area (Å²) < 4.78 is 45.4. The standard InChI is InChI=1S/C22H25F3N6O3/c1-30-11-13(22(23,24)25)8-15(20(30)32)29-21(33)31(2)14-6-4-12(5-7-14)16-9-26-19-18(28-16)17(34-3)10-27-19/h8-12,14H,4-7H2,1-3H3,(H,26,27)(H,29,33)/t12-,14+. The van der Waals surface area contributed by atoms with Crippen molar-refractivity contribution in [1.29, 1.82) is 0 Å². The molecule has 0 unspecified atom stereocenters. The van der Waals surface area contributed by atoms with Gasteiger partial charge in [0.15, 0.2) is 11.4 Å². The third-order valence-electron chi connectivity index (χ3n) is 6.32. The molecular weight excluding hydrogens is 453 g/mol. The monoisotopic (exact) mass is 478 g/mol. The predicted molar refractivity (Wildman–Crippen MR) is 119 cm³/mol. The molecular formula is C22H25F3N6O3. The number of nitrogens with zero attached hydrogens (tertiary/aromatic N) is 4.